The third kappa shape index (κ3) is 4.27. The van der Waals surface area contributed by atoms with Gasteiger partial charge in [0.25, 0.3) is 0 Å². The number of nitrogens with one attached hydrogen (secondary N) is 1. The van der Waals surface area contributed by atoms with Gasteiger partial charge >= 0.3 is 5.97 Å². The first-order valence-electron chi connectivity index (χ1n) is 7.39. The molecule has 124 valence electrons. The number of benzene rings is 1. The van der Waals surface area contributed by atoms with Crippen LogP contribution in [0.4, 0.5) is 0 Å². The second-order valence-corrected chi connectivity index (χ2v) is 6.80. The predicted molar refractivity (Wildman–Crippen MR) is 90.5 cm³/mol. The summed E-state index contributed by atoms with van der Waals surface area (Å²) in [7, 11) is 0. The molecule has 1 aliphatic carbocycles. The van der Waals surface area contributed by atoms with Gasteiger partial charge < -0.3 is 10.4 Å². The zero-order valence-corrected chi connectivity index (χ0v) is 14.5. The second kappa shape index (κ2) is 7.37. The van der Waals surface area contributed by atoms with E-state index in [4.69, 9.17) is 23.2 Å². The van der Waals surface area contributed by atoms with Crippen LogP contribution in [0.15, 0.2) is 29.3 Å². The van der Waals surface area contributed by atoms with Crippen LogP contribution in [-0.4, -0.2) is 17.0 Å². The summed E-state index contributed by atoms with van der Waals surface area (Å²) >= 11 is 11.8. The summed E-state index contributed by atoms with van der Waals surface area (Å²) in [6.45, 7) is 4.17. The zero-order valence-electron chi connectivity index (χ0n) is 13.0. The van der Waals surface area contributed by atoms with Gasteiger partial charge in [0, 0.05) is 6.54 Å². The van der Waals surface area contributed by atoms with Crippen LogP contribution in [0, 0.1) is 11.8 Å². The summed E-state index contributed by atoms with van der Waals surface area (Å²) in [5, 5.41) is 13.1. The Balaban J connectivity index is 2.06. The molecule has 4 nitrogen and oxygen atoms in total. The van der Waals surface area contributed by atoms with E-state index in [1.807, 2.05) is 13.8 Å². The third-order valence-electron chi connectivity index (χ3n) is 4.37. The van der Waals surface area contributed by atoms with E-state index in [0.29, 0.717) is 29.4 Å². The fraction of sp³-hybridized carbons (Fsp3) is 0.412. The standard InChI is InChI=1S/C17H19Cl2NO3/c1-9-5-12(13(17(22)23)6-10(9)2)16(21)20-8-11-3-4-14(18)15(19)7-11/h3-4,7,12-13H,5-6,8H2,1-2H3,(H,20,21)(H,22,23)/t12-,13-/m0/s1. The van der Waals surface area contributed by atoms with Gasteiger partial charge in [-0.2, -0.15) is 0 Å². The fourth-order valence-corrected chi connectivity index (χ4v) is 3.12. The molecule has 1 amide bonds. The van der Waals surface area contributed by atoms with Crippen molar-refractivity contribution >= 4 is 35.1 Å². The van der Waals surface area contributed by atoms with Crippen molar-refractivity contribution in [1.29, 1.82) is 0 Å². The normalized spacial score (nSPS) is 21.2. The van der Waals surface area contributed by atoms with E-state index < -0.39 is 17.8 Å². The van der Waals surface area contributed by atoms with Crippen molar-refractivity contribution in [3.63, 3.8) is 0 Å². The zero-order chi connectivity index (χ0) is 17.1. The van der Waals surface area contributed by atoms with Crippen LogP contribution in [0.1, 0.15) is 32.3 Å². The van der Waals surface area contributed by atoms with Crippen LogP contribution >= 0.6 is 23.2 Å². The highest BCUT2D eigenvalue weighted by atomic mass is 35.5. The Morgan fingerprint density at radius 2 is 1.74 bits per heavy atom. The number of carbonyl (C=O) groups excluding carboxylic acids is 1. The van der Waals surface area contributed by atoms with Crippen molar-refractivity contribution in [2.24, 2.45) is 11.8 Å². The Morgan fingerprint density at radius 3 is 2.30 bits per heavy atom. The number of carboxylic acids is 1. The highest BCUT2D eigenvalue weighted by Gasteiger charge is 2.37. The van der Waals surface area contributed by atoms with Crippen molar-refractivity contribution < 1.29 is 14.7 Å². The molecular weight excluding hydrogens is 337 g/mol. The number of allylic oxidation sites excluding steroid dienone is 2. The van der Waals surface area contributed by atoms with Gasteiger partial charge in [-0.1, -0.05) is 40.4 Å². The van der Waals surface area contributed by atoms with E-state index in [-0.39, 0.29) is 5.91 Å². The number of halogens is 2. The first-order valence-corrected chi connectivity index (χ1v) is 8.15. The van der Waals surface area contributed by atoms with Crippen molar-refractivity contribution in [3.05, 3.63) is 45.0 Å². The summed E-state index contributed by atoms with van der Waals surface area (Å²) < 4.78 is 0. The van der Waals surface area contributed by atoms with Gasteiger partial charge in [-0.25, -0.2) is 0 Å². The monoisotopic (exact) mass is 355 g/mol. The summed E-state index contributed by atoms with van der Waals surface area (Å²) in [6, 6.07) is 5.14. The lowest BCUT2D eigenvalue weighted by Gasteiger charge is -2.29. The van der Waals surface area contributed by atoms with E-state index in [0.717, 1.165) is 16.7 Å². The molecular formula is C17H19Cl2NO3. The van der Waals surface area contributed by atoms with Crippen LogP contribution in [0.2, 0.25) is 10.0 Å². The molecule has 0 radical (unpaired) electrons. The maximum Gasteiger partial charge on any atom is 0.307 e. The van der Waals surface area contributed by atoms with Crippen molar-refractivity contribution in [1.82, 2.24) is 5.32 Å². The first-order chi connectivity index (χ1) is 10.8. The molecule has 0 fully saturated rings. The van der Waals surface area contributed by atoms with E-state index in [2.05, 4.69) is 5.32 Å². The van der Waals surface area contributed by atoms with Gasteiger partial charge in [0.05, 0.1) is 21.9 Å². The van der Waals surface area contributed by atoms with E-state index in [1.54, 1.807) is 18.2 Å². The van der Waals surface area contributed by atoms with Gasteiger partial charge in [0.1, 0.15) is 0 Å². The molecule has 23 heavy (non-hydrogen) atoms. The Kier molecular flexibility index (Phi) is 5.71. The van der Waals surface area contributed by atoms with Crippen molar-refractivity contribution in [2.75, 3.05) is 0 Å². The average Bonchev–Trinajstić information content (AvgIpc) is 2.50. The number of carboxylic acid groups (broad SMARTS) is 1. The highest BCUT2D eigenvalue weighted by Crippen LogP contribution is 2.34. The van der Waals surface area contributed by atoms with E-state index in [1.165, 1.54) is 0 Å². The summed E-state index contributed by atoms with van der Waals surface area (Å²) in [5.41, 5.74) is 2.97. The molecule has 2 N–H and O–H groups in total. The number of hydrogen-bond donors (Lipinski definition) is 2. The topological polar surface area (TPSA) is 66.4 Å². The summed E-state index contributed by atoms with van der Waals surface area (Å²) in [6.07, 6.45) is 0.905. The van der Waals surface area contributed by atoms with Crippen LogP contribution in [0.5, 0.6) is 0 Å². The molecule has 6 heteroatoms. The minimum absolute atomic E-state index is 0.240. The molecule has 0 aliphatic heterocycles. The molecule has 1 aliphatic rings. The lowest BCUT2D eigenvalue weighted by atomic mass is 9.76. The van der Waals surface area contributed by atoms with Crippen LogP contribution in [-0.2, 0) is 16.1 Å². The van der Waals surface area contributed by atoms with E-state index >= 15 is 0 Å². The highest BCUT2D eigenvalue weighted by molar-refractivity contribution is 6.42. The second-order valence-electron chi connectivity index (χ2n) is 5.99. The van der Waals surface area contributed by atoms with Gasteiger partial charge in [0.2, 0.25) is 5.91 Å². The van der Waals surface area contributed by atoms with Crippen molar-refractivity contribution in [2.45, 2.75) is 33.2 Å². The molecule has 0 spiro atoms. The molecule has 1 aromatic carbocycles. The number of hydrogen-bond acceptors (Lipinski definition) is 2. The molecule has 0 bridgehead atoms. The lowest BCUT2D eigenvalue weighted by molar-refractivity contribution is -0.147. The molecule has 0 saturated carbocycles. The third-order valence-corrected chi connectivity index (χ3v) is 5.11. The number of amides is 1. The lowest BCUT2D eigenvalue weighted by Crippen LogP contribution is -2.39. The molecule has 1 aromatic rings. The maximum absolute atomic E-state index is 12.4. The largest absolute Gasteiger partial charge is 0.481 e. The predicted octanol–water partition coefficient (Wildman–Crippen LogP) is 4.06. The SMILES string of the molecule is CC1=C(C)C[C@H](C(=O)NCc2ccc(Cl)c(Cl)c2)[C@@H](C(=O)O)C1. The fourth-order valence-electron chi connectivity index (χ4n) is 2.80. The quantitative estimate of drug-likeness (QED) is 0.800. The Hall–Kier alpha value is -1.52. The van der Waals surface area contributed by atoms with Crippen LogP contribution in [0.3, 0.4) is 0 Å². The number of aliphatic carboxylic acids is 1. The molecule has 0 unspecified atom stereocenters. The van der Waals surface area contributed by atoms with Crippen LogP contribution < -0.4 is 5.32 Å². The Morgan fingerprint density at radius 1 is 1.13 bits per heavy atom. The minimum Gasteiger partial charge on any atom is -0.481 e. The van der Waals surface area contributed by atoms with Gasteiger partial charge in [-0.05, 0) is 44.4 Å². The number of rotatable bonds is 4. The minimum atomic E-state index is -0.925. The molecule has 0 aromatic heterocycles. The maximum atomic E-state index is 12.4. The molecule has 0 saturated heterocycles. The summed E-state index contributed by atoms with van der Waals surface area (Å²) in [5.74, 6) is -2.38. The molecule has 0 heterocycles. The van der Waals surface area contributed by atoms with Crippen LogP contribution in [0.25, 0.3) is 0 Å². The first kappa shape index (κ1) is 17.8. The smallest absolute Gasteiger partial charge is 0.307 e. The van der Waals surface area contributed by atoms with Gasteiger partial charge in [-0.3, -0.25) is 9.59 Å². The number of carbonyl (C=O) groups is 2. The van der Waals surface area contributed by atoms with Gasteiger partial charge in [0.15, 0.2) is 0 Å². The molecule has 2 rings (SSSR count). The summed E-state index contributed by atoms with van der Waals surface area (Å²) in [4.78, 5) is 23.9. The van der Waals surface area contributed by atoms with Crippen molar-refractivity contribution in [3.8, 4) is 0 Å². The van der Waals surface area contributed by atoms with E-state index in [9.17, 15) is 14.7 Å². The van der Waals surface area contributed by atoms with Gasteiger partial charge in [-0.15, -0.1) is 0 Å². The Labute approximate surface area is 145 Å². The molecule has 2 atom stereocenters. The average molecular weight is 356 g/mol. The Bertz CT molecular complexity index is 670.